The highest BCUT2D eigenvalue weighted by Gasteiger charge is 2.04. The van der Waals surface area contributed by atoms with Crippen molar-refractivity contribution >= 4 is 0 Å². The number of benzene rings is 1. The Labute approximate surface area is 89.2 Å². The van der Waals surface area contributed by atoms with Gasteiger partial charge < -0.3 is 5.11 Å². The quantitative estimate of drug-likeness (QED) is 0.765. The molecule has 0 bridgehead atoms. The first kappa shape index (κ1) is 9.71. The van der Waals surface area contributed by atoms with E-state index in [-0.39, 0.29) is 0 Å². The van der Waals surface area contributed by atoms with Gasteiger partial charge in [-0.15, -0.1) is 0 Å². The van der Waals surface area contributed by atoms with Crippen LogP contribution < -0.4 is 0 Å². The molecule has 0 unspecified atom stereocenters. The van der Waals surface area contributed by atoms with E-state index in [1.807, 2.05) is 38.1 Å². The van der Waals surface area contributed by atoms with Crippen molar-refractivity contribution in [3.63, 3.8) is 0 Å². The average molecular weight is 199 g/mol. The van der Waals surface area contributed by atoms with Crippen molar-refractivity contribution in [1.29, 1.82) is 0 Å². The lowest BCUT2D eigenvalue weighted by Crippen LogP contribution is -1.84. The lowest BCUT2D eigenvalue weighted by molar-refractivity contribution is 0.467. The Morgan fingerprint density at radius 2 is 1.47 bits per heavy atom. The molecule has 1 heterocycles. The maximum Gasteiger partial charge on any atom is 0.121 e. The highest BCUT2D eigenvalue weighted by Crippen LogP contribution is 2.28. The van der Waals surface area contributed by atoms with Crippen LogP contribution in [0.2, 0.25) is 0 Å². The number of aromatic hydroxyl groups is 1. The summed E-state index contributed by atoms with van der Waals surface area (Å²) in [5.74, 6) is 0.382. The number of nitrogens with zero attached hydrogens (tertiary/aromatic N) is 1. The molecule has 0 spiro atoms. The first-order valence-corrected chi connectivity index (χ1v) is 4.89. The molecular formula is C13H13NO. The van der Waals surface area contributed by atoms with Crippen LogP contribution in [-0.2, 0) is 0 Å². The third kappa shape index (κ3) is 1.84. The van der Waals surface area contributed by atoms with Gasteiger partial charge in [0.15, 0.2) is 0 Å². The molecule has 1 N–H and O–H groups in total. The van der Waals surface area contributed by atoms with Crippen LogP contribution in [0.3, 0.4) is 0 Å². The van der Waals surface area contributed by atoms with Crippen molar-refractivity contribution in [2.45, 2.75) is 13.8 Å². The second-order valence-corrected chi connectivity index (χ2v) is 3.69. The Morgan fingerprint density at radius 1 is 0.933 bits per heavy atom. The number of aromatic nitrogens is 1. The molecule has 0 aliphatic heterocycles. The van der Waals surface area contributed by atoms with Gasteiger partial charge in [-0.2, -0.15) is 0 Å². The Bertz CT molecular complexity index is 454. The molecule has 2 aromatic rings. The fourth-order valence-corrected chi connectivity index (χ4v) is 1.67. The summed E-state index contributed by atoms with van der Waals surface area (Å²) < 4.78 is 0. The van der Waals surface area contributed by atoms with Crippen molar-refractivity contribution in [3.05, 3.63) is 47.8 Å². The number of hydrogen-bond donors (Lipinski definition) is 1. The minimum Gasteiger partial charge on any atom is -0.507 e. The smallest absolute Gasteiger partial charge is 0.121 e. The predicted octanol–water partition coefficient (Wildman–Crippen LogP) is 3.07. The minimum absolute atomic E-state index is 0.382. The minimum atomic E-state index is 0.382. The van der Waals surface area contributed by atoms with Crippen LogP contribution in [0.1, 0.15) is 11.1 Å². The average Bonchev–Trinajstić information content (AvgIpc) is 2.26. The second-order valence-electron chi connectivity index (χ2n) is 3.69. The summed E-state index contributed by atoms with van der Waals surface area (Å²) in [5.41, 5.74) is 4.05. The summed E-state index contributed by atoms with van der Waals surface area (Å²) in [6.07, 6.45) is 3.54. The van der Waals surface area contributed by atoms with Crippen molar-refractivity contribution in [2.24, 2.45) is 0 Å². The standard InChI is InChI=1S/C13H13NO/c1-9-7-12(8-10(2)13(9)15)11-3-5-14-6-4-11/h3-8,15H,1-2H3. The Balaban J connectivity index is 2.56. The summed E-state index contributed by atoms with van der Waals surface area (Å²) in [5, 5.41) is 9.67. The number of rotatable bonds is 1. The molecule has 0 fully saturated rings. The van der Waals surface area contributed by atoms with Crippen LogP contribution in [0.4, 0.5) is 0 Å². The van der Waals surface area contributed by atoms with Gasteiger partial charge in [-0.1, -0.05) is 0 Å². The summed E-state index contributed by atoms with van der Waals surface area (Å²) in [6, 6.07) is 7.89. The van der Waals surface area contributed by atoms with Crippen molar-refractivity contribution in [2.75, 3.05) is 0 Å². The zero-order valence-corrected chi connectivity index (χ0v) is 8.86. The van der Waals surface area contributed by atoms with E-state index in [9.17, 15) is 5.11 Å². The van der Waals surface area contributed by atoms with Gasteiger partial charge in [0.25, 0.3) is 0 Å². The van der Waals surface area contributed by atoms with Gasteiger partial charge in [-0.25, -0.2) is 0 Å². The van der Waals surface area contributed by atoms with E-state index in [1.165, 1.54) is 0 Å². The van der Waals surface area contributed by atoms with Gasteiger partial charge in [0.1, 0.15) is 5.75 Å². The largest absolute Gasteiger partial charge is 0.507 e. The van der Waals surface area contributed by atoms with E-state index in [0.29, 0.717) is 5.75 Å². The number of phenols is 1. The van der Waals surface area contributed by atoms with Gasteiger partial charge in [0.2, 0.25) is 0 Å². The van der Waals surface area contributed by atoms with Crippen LogP contribution in [0.5, 0.6) is 5.75 Å². The van der Waals surface area contributed by atoms with Gasteiger partial charge >= 0.3 is 0 Å². The number of phenolic OH excluding ortho intramolecular Hbond substituents is 1. The zero-order chi connectivity index (χ0) is 10.8. The second kappa shape index (κ2) is 3.73. The molecule has 15 heavy (non-hydrogen) atoms. The molecule has 0 radical (unpaired) electrons. The summed E-state index contributed by atoms with van der Waals surface area (Å²) in [4.78, 5) is 3.98. The molecule has 2 nitrogen and oxygen atoms in total. The van der Waals surface area contributed by atoms with Crippen LogP contribution in [-0.4, -0.2) is 10.1 Å². The van der Waals surface area contributed by atoms with Gasteiger partial charge in [-0.3, -0.25) is 4.98 Å². The van der Waals surface area contributed by atoms with Crippen molar-refractivity contribution in [1.82, 2.24) is 4.98 Å². The molecule has 0 aliphatic carbocycles. The fourth-order valence-electron chi connectivity index (χ4n) is 1.67. The molecule has 0 saturated heterocycles. The highest BCUT2D eigenvalue weighted by molar-refractivity contribution is 5.66. The van der Waals surface area contributed by atoms with Crippen LogP contribution >= 0.6 is 0 Å². The molecule has 0 aliphatic rings. The topological polar surface area (TPSA) is 33.1 Å². The number of aryl methyl sites for hydroxylation is 2. The van der Waals surface area contributed by atoms with Crippen LogP contribution in [0.25, 0.3) is 11.1 Å². The molecule has 0 amide bonds. The first-order valence-electron chi connectivity index (χ1n) is 4.89. The fraction of sp³-hybridized carbons (Fsp3) is 0.154. The van der Waals surface area contributed by atoms with E-state index in [4.69, 9.17) is 0 Å². The van der Waals surface area contributed by atoms with E-state index >= 15 is 0 Å². The van der Waals surface area contributed by atoms with Crippen LogP contribution in [0.15, 0.2) is 36.7 Å². The normalized spacial score (nSPS) is 10.3. The van der Waals surface area contributed by atoms with Crippen LogP contribution in [0, 0.1) is 13.8 Å². The highest BCUT2D eigenvalue weighted by atomic mass is 16.3. The summed E-state index contributed by atoms with van der Waals surface area (Å²) in [6.45, 7) is 3.82. The monoisotopic (exact) mass is 199 g/mol. The molecule has 2 heteroatoms. The number of pyridine rings is 1. The van der Waals surface area contributed by atoms with Crippen molar-refractivity contribution in [3.8, 4) is 16.9 Å². The molecule has 76 valence electrons. The predicted molar refractivity (Wildman–Crippen MR) is 60.8 cm³/mol. The van der Waals surface area contributed by atoms with E-state index in [0.717, 1.165) is 22.3 Å². The molecule has 0 saturated carbocycles. The Kier molecular flexibility index (Phi) is 2.42. The third-order valence-electron chi connectivity index (χ3n) is 2.50. The molecule has 0 atom stereocenters. The van der Waals surface area contributed by atoms with E-state index < -0.39 is 0 Å². The van der Waals surface area contributed by atoms with Gasteiger partial charge in [-0.05, 0) is 60.4 Å². The van der Waals surface area contributed by atoms with Gasteiger partial charge in [0, 0.05) is 12.4 Å². The molecular weight excluding hydrogens is 186 g/mol. The van der Waals surface area contributed by atoms with Crippen molar-refractivity contribution < 1.29 is 5.11 Å². The maximum absolute atomic E-state index is 9.67. The Hall–Kier alpha value is -1.83. The SMILES string of the molecule is Cc1cc(-c2ccncc2)cc(C)c1O. The zero-order valence-electron chi connectivity index (χ0n) is 8.86. The lowest BCUT2D eigenvalue weighted by atomic mass is 10.0. The third-order valence-corrected chi connectivity index (χ3v) is 2.50. The summed E-state index contributed by atoms with van der Waals surface area (Å²) >= 11 is 0. The van der Waals surface area contributed by atoms with Gasteiger partial charge in [0.05, 0.1) is 0 Å². The molecule has 1 aromatic carbocycles. The van der Waals surface area contributed by atoms with E-state index in [1.54, 1.807) is 12.4 Å². The Morgan fingerprint density at radius 3 is 2.00 bits per heavy atom. The molecule has 1 aromatic heterocycles. The summed E-state index contributed by atoms with van der Waals surface area (Å²) in [7, 11) is 0. The lowest BCUT2D eigenvalue weighted by Gasteiger charge is -2.07. The molecule has 2 rings (SSSR count). The number of hydrogen-bond acceptors (Lipinski definition) is 2. The van der Waals surface area contributed by atoms with E-state index in [2.05, 4.69) is 4.98 Å². The first-order chi connectivity index (χ1) is 7.18. The maximum atomic E-state index is 9.67.